The molecule has 2 nitrogen and oxygen atoms in total. The molecule has 0 N–H and O–H groups in total. The van der Waals surface area contributed by atoms with Crippen LogP contribution >= 0.6 is 0 Å². The van der Waals surface area contributed by atoms with Gasteiger partial charge in [-0.05, 0) is 50.5 Å². The Morgan fingerprint density at radius 3 is 2.50 bits per heavy atom. The molecule has 0 spiro atoms. The summed E-state index contributed by atoms with van der Waals surface area (Å²) in [6, 6.07) is 5.72. The van der Waals surface area contributed by atoms with Gasteiger partial charge in [-0.2, -0.15) is 5.10 Å². The molecule has 18 heavy (non-hydrogen) atoms. The number of halogens is 1. The second-order valence-corrected chi connectivity index (χ2v) is 5.07. The monoisotopic (exact) mass is 246 g/mol. The molecule has 1 aromatic carbocycles. The minimum Gasteiger partial charge on any atom is -0.267 e. The molecule has 3 heteroatoms. The summed E-state index contributed by atoms with van der Waals surface area (Å²) in [5.41, 5.74) is 3.88. The number of rotatable bonds is 3. The molecule has 0 bridgehead atoms. The van der Waals surface area contributed by atoms with Gasteiger partial charge in [-0.1, -0.05) is 12.1 Å². The zero-order valence-corrected chi connectivity index (χ0v) is 11.4. The number of benzene rings is 1. The van der Waals surface area contributed by atoms with E-state index in [9.17, 15) is 4.39 Å². The topological polar surface area (TPSA) is 17.8 Å². The second-order valence-electron chi connectivity index (χ2n) is 5.07. The third-order valence-corrected chi connectivity index (χ3v) is 3.22. The number of hydrogen-bond acceptors (Lipinski definition) is 1. The van der Waals surface area contributed by atoms with E-state index in [0.717, 1.165) is 22.4 Å². The van der Waals surface area contributed by atoms with E-state index >= 15 is 0 Å². The van der Waals surface area contributed by atoms with Crippen molar-refractivity contribution in [1.29, 1.82) is 0 Å². The molecule has 1 heterocycles. The number of hydrogen-bond donors (Lipinski definition) is 0. The lowest BCUT2D eigenvalue weighted by atomic mass is 10.0. The van der Waals surface area contributed by atoms with Crippen LogP contribution in [0.5, 0.6) is 0 Å². The molecule has 1 aromatic heterocycles. The maximum absolute atomic E-state index is 13.8. The first-order valence-electron chi connectivity index (χ1n) is 6.27. The van der Waals surface area contributed by atoms with Crippen LogP contribution in [0.4, 0.5) is 4.39 Å². The molecule has 2 aromatic rings. The maximum Gasteiger partial charge on any atom is 0.126 e. The Kier molecular flexibility index (Phi) is 3.50. The van der Waals surface area contributed by atoms with Crippen LogP contribution in [0, 0.1) is 19.7 Å². The largest absolute Gasteiger partial charge is 0.267 e. The summed E-state index contributed by atoms with van der Waals surface area (Å²) in [5.74, 6) is -0.133. The molecule has 96 valence electrons. The molecule has 0 saturated heterocycles. The highest BCUT2D eigenvalue weighted by Crippen LogP contribution is 2.19. The van der Waals surface area contributed by atoms with Crippen molar-refractivity contribution < 1.29 is 4.39 Å². The van der Waals surface area contributed by atoms with Gasteiger partial charge in [0.25, 0.3) is 0 Å². The Morgan fingerprint density at radius 1 is 1.22 bits per heavy atom. The summed E-state index contributed by atoms with van der Waals surface area (Å²) in [4.78, 5) is 0. The van der Waals surface area contributed by atoms with Crippen molar-refractivity contribution >= 4 is 0 Å². The predicted molar refractivity (Wildman–Crippen MR) is 71.3 cm³/mol. The Balaban J connectivity index is 2.29. The molecule has 0 fully saturated rings. The standard InChI is InChI=1S/C15H19FN2/c1-10(2)18-12(4)14(9-17-18)8-13-6-5-11(3)7-15(13)16/h5-7,9-10H,8H2,1-4H3. The van der Waals surface area contributed by atoms with Gasteiger partial charge >= 0.3 is 0 Å². The van der Waals surface area contributed by atoms with Crippen molar-refractivity contribution in [1.82, 2.24) is 9.78 Å². The molecule has 0 aliphatic rings. The maximum atomic E-state index is 13.8. The third-order valence-electron chi connectivity index (χ3n) is 3.22. The van der Waals surface area contributed by atoms with Gasteiger partial charge in [0.1, 0.15) is 5.82 Å². The highest BCUT2D eigenvalue weighted by molar-refractivity contribution is 5.30. The van der Waals surface area contributed by atoms with Crippen molar-refractivity contribution in [3.8, 4) is 0 Å². The van der Waals surface area contributed by atoms with Gasteiger partial charge in [0, 0.05) is 18.2 Å². The van der Waals surface area contributed by atoms with Crippen molar-refractivity contribution in [3.05, 3.63) is 52.6 Å². The first-order valence-corrected chi connectivity index (χ1v) is 6.27. The fourth-order valence-electron chi connectivity index (χ4n) is 2.15. The molecule has 0 amide bonds. The first-order chi connectivity index (χ1) is 8.49. The van der Waals surface area contributed by atoms with E-state index < -0.39 is 0 Å². The average Bonchev–Trinajstić information content (AvgIpc) is 2.64. The molecule has 0 saturated carbocycles. The summed E-state index contributed by atoms with van der Waals surface area (Å²) in [6.45, 7) is 8.12. The lowest BCUT2D eigenvalue weighted by Crippen LogP contribution is -2.05. The number of aromatic nitrogens is 2. The SMILES string of the molecule is Cc1ccc(Cc2cnn(C(C)C)c2C)c(F)c1. The normalized spacial score (nSPS) is 11.2. The summed E-state index contributed by atoms with van der Waals surface area (Å²) in [7, 11) is 0. The van der Waals surface area contributed by atoms with Crippen molar-refractivity contribution in [2.75, 3.05) is 0 Å². The quantitative estimate of drug-likeness (QED) is 0.805. The second kappa shape index (κ2) is 4.92. The van der Waals surface area contributed by atoms with Gasteiger partial charge in [0.15, 0.2) is 0 Å². The summed E-state index contributed by atoms with van der Waals surface area (Å²) >= 11 is 0. The minimum absolute atomic E-state index is 0.133. The van der Waals surface area contributed by atoms with E-state index in [0.29, 0.717) is 12.5 Å². The number of nitrogens with zero attached hydrogens (tertiary/aromatic N) is 2. The van der Waals surface area contributed by atoms with Crippen LogP contribution in [0.1, 0.15) is 42.3 Å². The molecule has 0 unspecified atom stereocenters. The van der Waals surface area contributed by atoms with Crippen LogP contribution in [-0.4, -0.2) is 9.78 Å². The Labute approximate surface area is 107 Å². The van der Waals surface area contributed by atoms with Gasteiger partial charge in [0.2, 0.25) is 0 Å². The van der Waals surface area contributed by atoms with Gasteiger partial charge in [0.05, 0.1) is 6.20 Å². The molecule has 0 aliphatic heterocycles. The fraction of sp³-hybridized carbons (Fsp3) is 0.400. The average molecular weight is 246 g/mol. The highest BCUT2D eigenvalue weighted by Gasteiger charge is 2.11. The van der Waals surface area contributed by atoms with Crippen LogP contribution < -0.4 is 0 Å². The molecule has 2 rings (SSSR count). The van der Waals surface area contributed by atoms with Crippen LogP contribution in [0.3, 0.4) is 0 Å². The van der Waals surface area contributed by atoms with E-state index in [1.54, 1.807) is 6.07 Å². The van der Waals surface area contributed by atoms with Crippen molar-refractivity contribution in [3.63, 3.8) is 0 Å². The van der Waals surface area contributed by atoms with E-state index in [1.807, 2.05) is 36.9 Å². The van der Waals surface area contributed by atoms with Crippen molar-refractivity contribution in [2.24, 2.45) is 0 Å². The molecular formula is C15H19FN2. The van der Waals surface area contributed by atoms with Crippen LogP contribution in [-0.2, 0) is 6.42 Å². The lowest BCUT2D eigenvalue weighted by molar-refractivity contribution is 0.518. The minimum atomic E-state index is -0.133. The first kappa shape index (κ1) is 12.8. The van der Waals surface area contributed by atoms with Gasteiger partial charge < -0.3 is 0 Å². The Hall–Kier alpha value is -1.64. The molecule has 0 aliphatic carbocycles. The van der Waals surface area contributed by atoms with Crippen LogP contribution in [0.25, 0.3) is 0 Å². The third kappa shape index (κ3) is 2.45. The zero-order valence-electron chi connectivity index (χ0n) is 11.4. The van der Waals surface area contributed by atoms with Gasteiger partial charge in [-0.15, -0.1) is 0 Å². The van der Waals surface area contributed by atoms with E-state index in [2.05, 4.69) is 18.9 Å². The molecule has 0 radical (unpaired) electrons. The summed E-state index contributed by atoms with van der Waals surface area (Å²) in [5, 5.41) is 4.35. The summed E-state index contributed by atoms with van der Waals surface area (Å²) < 4.78 is 15.8. The predicted octanol–water partition coefficient (Wildman–Crippen LogP) is 3.81. The Morgan fingerprint density at radius 2 is 1.94 bits per heavy atom. The molecule has 0 atom stereocenters. The van der Waals surface area contributed by atoms with Gasteiger partial charge in [-0.25, -0.2) is 4.39 Å². The van der Waals surface area contributed by atoms with E-state index in [4.69, 9.17) is 0 Å². The Bertz CT molecular complexity index is 556. The lowest BCUT2D eigenvalue weighted by Gasteiger charge is -2.09. The smallest absolute Gasteiger partial charge is 0.126 e. The van der Waals surface area contributed by atoms with Crippen LogP contribution in [0.2, 0.25) is 0 Å². The van der Waals surface area contributed by atoms with E-state index in [-0.39, 0.29) is 5.82 Å². The van der Waals surface area contributed by atoms with Crippen LogP contribution in [0.15, 0.2) is 24.4 Å². The van der Waals surface area contributed by atoms with E-state index in [1.165, 1.54) is 0 Å². The van der Waals surface area contributed by atoms with Crippen molar-refractivity contribution in [2.45, 2.75) is 40.2 Å². The molecular weight excluding hydrogens is 227 g/mol. The highest BCUT2D eigenvalue weighted by atomic mass is 19.1. The fourth-order valence-corrected chi connectivity index (χ4v) is 2.15. The summed E-state index contributed by atoms with van der Waals surface area (Å²) in [6.07, 6.45) is 2.44. The number of aryl methyl sites for hydroxylation is 1. The van der Waals surface area contributed by atoms with Gasteiger partial charge in [-0.3, -0.25) is 4.68 Å². The zero-order chi connectivity index (χ0) is 13.3.